The molecule has 1 rings (SSSR count). The number of aliphatic hydroxyl groups is 1. The largest absolute Gasteiger partial charge is 0.481 e. The number of amides is 1. The molecule has 17 heavy (non-hydrogen) atoms. The Balaban J connectivity index is 2.87. The van der Waals surface area contributed by atoms with Gasteiger partial charge in [-0.05, 0) is 25.5 Å². The van der Waals surface area contributed by atoms with Gasteiger partial charge in [0.05, 0.1) is 6.10 Å². The molecule has 94 valence electrons. The van der Waals surface area contributed by atoms with Gasteiger partial charge in [0.25, 0.3) is 5.91 Å². The van der Waals surface area contributed by atoms with Crippen LogP contribution in [0.15, 0.2) is 18.2 Å². The smallest absolute Gasteiger partial charge is 0.258 e. The second-order valence-electron chi connectivity index (χ2n) is 3.78. The lowest BCUT2D eigenvalue weighted by molar-refractivity contribution is -0.124. The van der Waals surface area contributed by atoms with Crippen molar-refractivity contribution in [1.82, 2.24) is 0 Å². The number of carbonyl (C=O) groups excluding carboxylic acids is 1. The first kappa shape index (κ1) is 13.4. The second kappa shape index (κ2) is 5.63. The van der Waals surface area contributed by atoms with E-state index in [-0.39, 0.29) is 11.3 Å². The summed E-state index contributed by atoms with van der Waals surface area (Å²) in [4.78, 5) is 11.0. The minimum atomic E-state index is -0.887. The number of benzene rings is 1. The zero-order valence-corrected chi connectivity index (χ0v) is 9.81. The summed E-state index contributed by atoms with van der Waals surface area (Å²) >= 11 is 0. The van der Waals surface area contributed by atoms with E-state index in [1.54, 1.807) is 6.92 Å². The van der Waals surface area contributed by atoms with Crippen LogP contribution in [0.1, 0.15) is 31.9 Å². The fraction of sp³-hybridized carbons (Fsp3) is 0.417. The highest BCUT2D eigenvalue weighted by molar-refractivity contribution is 5.79. The summed E-state index contributed by atoms with van der Waals surface area (Å²) < 4.78 is 18.7. The summed E-state index contributed by atoms with van der Waals surface area (Å²) in [6.07, 6.45) is -1.25. The van der Waals surface area contributed by atoms with E-state index >= 15 is 0 Å². The predicted octanol–water partition coefficient (Wildman–Crippen LogP) is 1.52. The lowest BCUT2D eigenvalue weighted by atomic mass is 10.1. The van der Waals surface area contributed by atoms with Crippen LogP contribution >= 0.6 is 0 Å². The maximum Gasteiger partial charge on any atom is 0.258 e. The van der Waals surface area contributed by atoms with Gasteiger partial charge < -0.3 is 15.6 Å². The van der Waals surface area contributed by atoms with Crippen LogP contribution in [0.5, 0.6) is 5.75 Å². The highest BCUT2D eigenvalue weighted by Gasteiger charge is 2.16. The normalized spacial score (nSPS) is 14.1. The molecule has 0 aliphatic rings. The third-order valence-corrected chi connectivity index (χ3v) is 2.39. The summed E-state index contributed by atoms with van der Waals surface area (Å²) in [6.45, 7) is 3.22. The molecule has 1 aromatic rings. The van der Waals surface area contributed by atoms with E-state index in [9.17, 15) is 14.3 Å². The van der Waals surface area contributed by atoms with Gasteiger partial charge >= 0.3 is 0 Å². The number of aliphatic hydroxyl groups excluding tert-OH is 1. The van der Waals surface area contributed by atoms with Crippen molar-refractivity contribution in [3.63, 3.8) is 0 Å². The highest BCUT2D eigenvalue weighted by Crippen LogP contribution is 2.22. The second-order valence-corrected chi connectivity index (χ2v) is 3.78. The molecular formula is C12H16FNO3. The van der Waals surface area contributed by atoms with Gasteiger partial charge in [0, 0.05) is 11.6 Å². The van der Waals surface area contributed by atoms with Crippen LogP contribution in [-0.4, -0.2) is 17.1 Å². The highest BCUT2D eigenvalue weighted by atomic mass is 19.1. The number of halogens is 1. The minimum Gasteiger partial charge on any atom is -0.481 e. The van der Waals surface area contributed by atoms with Crippen molar-refractivity contribution in [3.05, 3.63) is 29.6 Å². The molecule has 0 heterocycles. The van der Waals surface area contributed by atoms with Gasteiger partial charge in [-0.2, -0.15) is 0 Å². The maximum absolute atomic E-state index is 13.5. The van der Waals surface area contributed by atoms with Crippen LogP contribution < -0.4 is 10.5 Å². The Morgan fingerprint density at radius 3 is 2.65 bits per heavy atom. The number of nitrogens with two attached hydrogens (primary N) is 1. The molecule has 3 N–H and O–H groups in total. The summed E-state index contributed by atoms with van der Waals surface area (Å²) in [6, 6.07) is 4.05. The van der Waals surface area contributed by atoms with E-state index in [1.165, 1.54) is 19.1 Å². The Hall–Kier alpha value is -1.62. The molecule has 2 atom stereocenters. The molecule has 0 bridgehead atoms. The first-order valence-electron chi connectivity index (χ1n) is 5.39. The van der Waals surface area contributed by atoms with Crippen LogP contribution in [0.4, 0.5) is 4.39 Å². The zero-order valence-electron chi connectivity index (χ0n) is 9.81. The lowest BCUT2D eigenvalue weighted by Gasteiger charge is -2.15. The predicted molar refractivity (Wildman–Crippen MR) is 60.9 cm³/mol. The Bertz CT molecular complexity index is 407. The zero-order chi connectivity index (χ0) is 13.0. The maximum atomic E-state index is 13.5. The van der Waals surface area contributed by atoms with E-state index in [0.29, 0.717) is 6.42 Å². The van der Waals surface area contributed by atoms with E-state index in [1.807, 2.05) is 0 Å². The molecule has 0 aliphatic heterocycles. The standard InChI is InChI=1S/C12H16FNO3/c1-3-11(12(14)16)17-8-4-5-9(7(2)15)10(13)6-8/h4-7,11,15H,3H2,1-2H3,(H2,14,16)/t7-,11?/m0/s1. The van der Waals surface area contributed by atoms with Gasteiger partial charge in [0.15, 0.2) is 6.10 Å². The minimum absolute atomic E-state index is 0.185. The number of carbonyl (C=O) groups is 1. The Kier molecular flexibility index (Phi) is 4.45. The third-order valence-electron chi connectivity index (χ3n) is 2.39. The average molecular weight is 241 g/mol. The first-order valence-corrected chi connectivity index (χ1v) is 5.39. The van der Waals surface area contributed by atoms with Gasteiger partial charge in [0.2, 0.25) is 0 Å². The summed E-state index contributed by atoms with van der Waals surface area (Å²) in [5.41, 5.74) is 5.30. The topological polar surface area (TPSA) is 72.6 Å². The molecule has 0 spiro atoms. The average Bonchev–Trinajstić information content (AvgIpc) is 2.24. The summed E-state index contributed by atoms with van der Waals surface area (Å²) in [5.74, 6) is -0.943. The van der Waals surface area contributed by atoms with Crippen LogP contribution in [0.3, 0.4) is 0 Å². The summed E-state index contributed by atoms with van der Waals surface area (Å²) in [5, 5.41) is 9.26. The van der Waals surface area contributed by atoms with E-state index in [4.69, 9.17) is 10.5 Å². The van der Waals surface area contributed by atoms with E-state index in [0.717, 1.165) is 6.07 Å². The molecule has 0 saturated carbocycles. The molecule has 4 nitrogen and oxygen atoms in total. The molecular weight excluding hydrogens is 225 g/mol. The van der Waals surface area contributed by atoms with Crippen molar-refractivity contribution in [2.75, 3.05) is 0 Å². The van der Waals surface area contributed by atoms with Crippen LogP contribution in [0, 0.1) is 5.82 Å². The quantitative estimate of drug-likeness (QED) is 0.821. The molecule has 0 aliphatic carbocycles. The Labute approximate surface area is 99.2 Å². The summed E-state index contributed by atoms with van der Waals surface area (Å²) in [7, 11) is 0. The Morgan fingerprint density at radius 2 is 2.24 bits per heavy atom. The monoisotopic (exact) mass is 241 g/mol. The van der Waals surface area contributed by atoms with Gasteiger partial charge in [0.1, 0.15) is 11.6 Å². The fourth-order valence-corrected chi connectivity index (χ4v) is 1.43. The van der Waals surface area contributed by atoms with Crippen molar-refractivity contribution in [2.45, 2.75) is 32.5 Å². The number of ether oxygens (including phenoxy) is 1. The van der Waals surface area contributed by atoms with E-state index < -0.39 is 23.9 Å². The molecule has 1 unspecified atom stereocenters. The SMILES string of the molecule is CCC(Oc1ccc([C@H](C)O)c(F)c1)C(N)=O. The molecule has 5 heteroatoms. The van der Waals surface area contributed by atoms with Crippen LogP contribution in [0.2, 0.25) is 0 Å². The van der Waals surface area contributed by atoms with Crippen LogP contribution in [0.25, 0.3) is 0 Å². The van der Waals surface area contributed by atoms with Crippen molar-refractivity contribution in [2.24, 2.45) is 5.73 Å². The van der Waals surface area contributed by atoms with Crippen LogP contribution in [-0.2, 0) is 4.79 Å². The lowest BCUT2D eigenvalue weighted by Crippen LogP contribution is -2.33. The molecule has 1 aromatic carbocycles. The van der Waals surface area contributed by atoms with Crippen molar-refractivity contribution < 1.29 is 19.0 Å². The number of hydrogen-bond acceptors (Lipinski definition) is 3. The first-order chi connectivity index (χ1) is 7.95. The van der Waals surface area contributed by atoms with Crippen molar-refractivity contribution >= 4 is 5.91 Å². The molecule has 0 radical (unpaired) electrons. The number of primary amides is 1. The molecule has 0 aromatic heterocycles. The van der Waals surface area contributed by atoms with Gasteiger partial charge in [-0.15, -0.1) is 0 Å². The molecule has 0 saturated heterocycles. The number of rotatable bonds is 5. The van der Waals surface area contributed by atoms with E-state index in [2.05, 4.69) is 0 Å². The van der Waals surface area contributed by atoms with Crippen molar-refractivity contribution in [3.8, 4) is 5.75 Å². The third kappa shape index (κ3) is 3.42. The van der Waals surface area contributed by atoms with Gasteiger partial charge in [-0.1, -0.05) is 6.92 Å². The fourth-order valence-electron chi connectivity index (χ4n) is 1.43. The molecule has 1 amide bonds. The Morgan fingerprint density at radius 1 is 1.59 bits per heavy atom. The van der Waals surface area contributed by atoms with Crippen molar-refractivity contribution in [1.29, 1.82) is 0 Å². The molecule has 0 fully saturated rings. The number of hydrogen-bond donors (Lipinski definition) is 2. The van der Waals surface area contributed by atoms with Gasteiger partial charge in [-0.3, -0.25) is 4.79 Å². The van der Waals surface area contributed by atoms with Gasteiger partial charge in [-0.25, -0.2) is 4.39 Å².